The minimum atomic E-state index is 0.307. The van der Waals surface area contributed by atoms with Crippen LogP contribution >= 0.6 is 0 Å². The summed E-state index contributed by atoms with van der Waals surface area (Å²) in [5, 5.41) is 9.31. The minimum absolute atomic E-state index is 0.307. The highest BCUT2D eigenvalue weighted by Gasteiger charge is 2.28. The fourth-order valence-corrected chi connectivity index (χ4v) is 3.16. The molecule has 0 bridgehead atoms. The first-order valence-electron chi connectivity index (χ1n) is 6.61. The maximum absolute atomic E-state index is 9.31. The average Bonchev–Trinajstić information content (AvgIpc) is 2.93. The van der Waals surface area contributed by atoms with Gasteiger partial charge in [0.25, 0.3) is 0 Å². The van der Waals surface area contributed by atoms with Gasteiger partial charge in [0.15, 0.2) is 0 Å². The number of nitrogens with zero attached hydrogens (tertiary/aromatic N) is 3. The SMILES string of the molecule is CN1CCC(c2ncc3n2CC(CO)CC3)C1. The van der Waals surface area contributed by atoms with Crippen LogP contribution in [0.2, 0.25) is 0 Å². The Bertz CT molecular complexity index is 401. The number of aryl methyl sites for hydroxylation is 1. The van der Waals surface area contributed by atoms with Gasteiger partial charge in [0.1, 0.15) is 5.82 Å². The second kappa shape index (κ2) is 4.42. The molecule has 0 aliphatic carbocycles. The number of aliphatic hydroxyl groups excluding tert-OH is 1. The summed E-state index contributed by atoms with van der Waals surface area (Å²) in [6.45, 7) is 3.57. The molecule has 0 amide bonds. The second-order valence-corrected chi connectivity index (χ2v) is 5.55. The van der Waals surface area contributed by atoms with Crippen LogP contribution in [0.3, 0.4) is 0 Å². The molecule has 4 heteroatoms. The zero-order valence-corrected chi connectivity index (χ0v) is 10.5. The number of likely N-dealkylation sites (tertiary alicyclic amines) is 1. The van der Waals surface area contributed by atoms with Crippen molar-refractivity contribution in [1.29, 1.82) is 0 Å². The molecule has 0 spiro atoms. The molecule has 3 heterocycles. The summed E-state index contributed by atoms with van der Waals surface area (Å²) in [5.41, 5.74) is 1.36. The second-order valence-electron chi connectivity index (χ2n) is 5.55. The fraction of sp³-hybridized carbons (Fsp3) is 0.769. The summed E-state index contributed by atoms with van der Waals surface area (Å²) in [6.07, 6.45) is 5.44. The third-order valence-corrected chi connectivity index (χ3v) is 4.23. The lowest BCUT2D eigenvalue weighted by atomic mass is 9.98. The van der Waals surface area contributed by atoms with E-state index in [1.165, 1.54) is 24.5 Å². The predicted octanol–water partition coefficient (Wildman–Crippen LogP) is 0.857. The number of likely N-dealkylation sites (N-methyl/N-ethyl adjacent to an activating group) is 1. The number of rotatable bonds is 2. The molecule has 1 N–H and O–H groups in total. The first-order valence-corrected chi connectivity index (χ1v) is 6.61. The Morgan fingerprint density at radius 3 is 3.00 bits per heavy atom. The van der Waals surface area contributed by atoms with Crippen molar-refractivity contribution >= 4 is 0 Å². The van der Waals surface area contributed by atoms with Crippen molar-refractivity contribution in [3.05, 3.63) is 17.7 Å². The summed E-state index contributed by atoms with van der Waals surface area (Å²) in [6, 6.07) is 0. The Morgan fingerprint density at radius 1 is 1.41 bits per heavy atom. The number of fused-ring (bicyclic) bond motifs is 1. The molecule has 4 nitrogen and oxygen atoms in total. The maximum Gasteiger partial charge on any atom is 0.113 e. The average molecular weight is 235 g/mol. The topological polar surface area (TPSA) is 41.3 Å². The van der Waals surface area contributed by atoms with Crippen molar-refractivity contribution in [1.82, 2.24) is 14.5 Å². The quantitative estimate of drug-likeness (QED) is 0.826. The van der Waals surface area contributed by atoms with Gasteiger partial charge in [-0.25, -0.2) is 4.98 Å². The van der Waals surface area contributed by atoms with E-state index in [2.05, 4.69) is 21.5 Å². The van der Waals surface area contributed by atoms with Gasteiger partial charge < -0.3 is 14.6 Å². The predicted molar refractivity (Wildman–Crippen MR) is 66.0 cm³/mol. The van der Waals surface area contributed by atoms with Gasteiger partial charge in [0.2, 0.25) is 0 Å². The molecule has 0 saturated carbocycles. The number of aliphatic hydroxyl groups is 1. The highest BCUT2D eigenvalue weighted by Crippen LogP contribution is 2.29. The van der Waals surface area contributed by atoms with E-state index in [9.17, 15) is 5.11 Å². The molecule has 17 heavy (non-hydrogen) atoms. The number of hydrogen-bond donors (Lipinski definition) is 1. The summed E-state index contributed by atoms with van der Waals surface area (Å²) in [7, 11) is 2.18. The van der Waals surface area contributed by atoms with Crippen LogP contribution in [0.4, 0.5) is 0 Å². The smallest absolute Gasteiger partial charge is 0.113 e. The van der Waals surface area contributed by atoms with Crippen molar-refractivity contribution in [2.24, 2.45) is 5.92 Å². The summed E-state index contributed by atoms with van der Waals surface area (Å²) < 4.78 is 2.37. The van der Waals surface area contributed by atoms with E-state index in [1.54, 1.807) is 0 Å². The number of aromatic nitrogens is 2. The molecule has 0 aromatic carbocycles. The molecular weight excluding hydrogens is 214 g/mol. The van der Waals surface area contributed by atoms with Gasteiger partial charge >= 0.3 is 0 Å². The van der Waals surface area contributed by atoms with Crippen LogP contribution in [0, 0.1) is 5.92 Å². The van der Waals surface area contributed by atoms with Crippen LogP contribution < -0.4 is 0 Å². The largest absolute Gasteiger partial charge is 0.396 e. The van der Waals surface area contributed by atoms with E-state index >= 15 is 0 Å². The minimum Gasteiger partial charge on any atom is -0.396 e. The Morgan fingerprint density at radius 2 is 2.29 bits per heavy atom. The van der Waals surface area contributed by atoms with E-state index < -0.39 is 0 Å². The zero-order valence-electron chi connectivity index (χ0n) is 10.5. The molecule has 1 aromatic rings. The van der Waals surface area contributed by atoms with Gasteiger partial charge in [-0.1, -0.05) is 0 Å². The lowest BCUT2D eigenvalue weighted by Gasteiger charge is -2.25. The third-order valence-electron chi connectivity index (χ3n) is 4.23. The van der Waals surface area contributed by atoms with E-state index in [0.29, 0.717) is 18.4 Å². The Hall–Kier alpha value is -0.870. The first-order chi connectivity index (χ1) is 8.28. The molecule has 2 aliphatic rings. The van der Waals surface area contributed by atoms with Crippen molar-refractivity contribution in [3.8, 4) is 0 Å². The van der Waals surface area contributed by atoms with Crippen LogP contribution in [0.15, 0.2) is 6.20 Å². The van der Waals surface area contributed by atoms with Crippen molar-refractivity contribution in [2.45, 2.75) is 31.7 Å². The summed E-state index contributed by atoms with van der Waals surface area (Å²) >= 11 is 0. The lowest BCUT2D eigenvalue weighted by Crippen LogP contribution is -2.25. The van der Waals surface area contributed by atoms with Gasteiger partial charge in [-0.2, -0.15) is 0 Å². The molecule has 94 valence electrons. The van der Waals surface area contributed by atoms with Crippen molar-refractivity contribution < 1.29 is 5.11 Å². The molecular formula is C13H21N3O. The Balaban J connectivity index is 1.84. The first kappa shape index (κ1) is 11.2. The molecule has 3 rings (SSSR count). The Labute approximate surface area is 102 Å². The molecule has 1 saturated heterocycles. The monoisotopic (exact) mass is 235 g/mol. The summed E-state index contributed by atoms with van der Waals surface area (Å²) in [5.74, 6) is 2.27. The van der Waals surface area contributed by atoms with Crippen LogP contribution in [0.5, 0.6) is 0 Å². The van der Waals surface area contributed by atoms with Gasteiger partial charge in [0.05, 0.1) is 0 Å². The van der Waals surface area contributed by atoms with Gasteiger partial charge in [-0.3, -0.25) is 0 Å². The van der Waals surface area contributed by atoms with Crippen molar-refractivity contribution in [2.75, 3.05) is 26.7 Å². The molecule has 2 aliphatic heterocycles. The van der Waals surface area contributed by atoms with Crippen LogP contribution in [0.1, 0.15) is 30.3 Å². The fourth-order valence-electron chi connectivity index (χ4n) is 3.16. The number of hydrogen-bond acceptors (Lipinski definition) is 3. The van der Waals surface area contributed by atoms with E-state index in [1.807, 2.05) is 6.20 Å². The molecule has 2 unspecified atom stereocenters. The van der Waals surface area contributed by atoms with E-state index in [-0.39, 0.29) is 0 Å². The third kappa shape index (κ3) is 2.00. The molecule has 2 atom stereocenters. The van der Waals surface area contributed by atoms with Crippen molar-refractivity contribution in [3.63, 3.8) is 0 Å². The molecule has 0 radical (unpaired) electrons. The number of imidazole rings is 1. The van der Waals surface area contributed by atoms with E-state index in [4.69, 9.17) is 0 Å². The molecule has 1 fully saturated rings. The normalized spacial score (nSPS) is 29.5. The molecule has 1 aromatic heterocycles. The standard InChI is InChI=1S/C13H21N3O/c1-15-5-4-11(8-15)13-14-6-12-3-2-10(9-17)7-16(12)13/h6,10-11,17H,2-5,7-9H2,1H3. The van der Waals surface area contributed by atoms with E-state index in [0.717, 1.165) is 25.9 Å². The van der Waals surface area contributed by atoms with Gasteiger partial charge in [-0.15, -0.1) is 0 Å². The highest BCUT2D eigenvalue weighted by molar-refractivity contribution is 5.13. The maximum atomic E-state index is 9.31. The summed E-state index contributed by atoms with van der Waals surface area (Å²) in [4.78, 5) is 7.01. The highest BCUT2D eigenvalue weighted by atomic mass is 16.3. The van der Waals surface area contributed by atoms with Crippen LogP contribution in [-0.2, 0) is 13.0 Å². The van der Waals surface area contributed by atoms with Gasteiger partial charge in [0, 0.05) is 43.4 Å². The van der Waals surface area contributed by atoms with Gasteiger partial charge in [-0.05, 0) is 32.9 Å². The van der Waals surface area contributed by atoms with Crippen LogP contribution in [0.25, 0.3) is 0 Å². The zero-order chi connectivity index (χ0) is 11.8. The lowest BCUT2D eigenvalue weighted by molar-refractivity contribution is 0.189. The van der Waals surface area contributed by atoms with Crippen LogP contribution in [-0.4, -0.2) is 46.3 Å². The Kier molecular flexibility index (Phi) is 2.92.